The third-order valence-electron chi connectivity index (χ3n) is 20.6. The largest absolute Gasteiger partial charge is 0.394 e. The molecule has 2 fully saturated rings. The molecule has 14 nitrogen and oxygen atoms in total. The molecular formula is C82H157NO13. The molecule has 96 heavy (non-hydrogen) atoms. The minimum Gasteiger partial charge on any atom is -0.394 e. The Kier molecular flexibility index (Phi) is 62.9. The number of aliphatic hydroxyl groups is 8. The second kappa shape index (κ2) is 66.7. The van der Waals surface area contributed by atoms with Crippen LogP contribution in [0.5, 0.6) is 0 Å². The molecule has 0 radical (unpaired) electrons. The zero-order valence-corrected chi connectivity index (χ0v) is 62.4. The van der Waals surface area contributed by atoms with Crippen LogP contribution in [0, 0.1) is 0 Å². The monoisotopic (exact) mass is 1360 g/mol. The molecule has 2 aliphatic rings. The van der Waals surface area contributed by atoms with Crippen LogP contribution in [-0.4, -0.2) is 140 Å². The van der Waals surface area contributed by atoms with Gasteiger partial charge in [-0.15, -0.1) is 0 Å². The van der Waals surface area contributed by atoms with Crippen molar-refractivity contribution in [1.82, 2.24) is 5.32 Å². The maximum Gasteiger partial charge on any atom is 0.220 e. The van der Waals surface area contributed by atoms with Gasteiger partial charge in [-0.1, -0.05) is 372 Å². The number of allylic oxidation sites excluding steroid dienone is 3. The molecule has 12 unspecified atom stereocenters. The van der Waals surface area contributed by atoms with E-state index in [0.29, 0.717) is 6.42 Å². The second-order valence-corrected chi connectivity index (χ2v) is 29.6. The van der Waals surface area contributed by atoms with E-state index in [1.54, 1.807) is 6.08 Å². The van der Waals surface area contributed by atoms with Crippen molar-refractivity contribution < 1.29 is 64.6 Å². The zero-order chi connectivity index (χ0) is 69.4. The van der Waals surface area contributed by atoms with E-state index in [0.717, 1.165) is 38.5 Å². The summed E-state index contributed by atoms with van der Waals surface area (Å²) in [5, 5.41) is 87.7. The summed E-state index contributed by atoms with van der Waals surface area (Å²) in [6.07, 6.45) is 69.9. The van der Waals surface area contributed by atoms with E-state index in [4.69, 9.17) is 18.9 Å². The van der Waals surface area contributed by atoms with E-state index < -0.39 is 86.8 Å². The highest BCUT2D eigenvalue weighted by atomic mass is 16.7. The van der Waals surface area contributed by atoms with Crippen molar-refractivity contribution in [3.05, 3.63) is 24.3 Å². The Labute approximate surface area is 589 Å². The topological polar surface area (TPSA) is 228 Å². The second-order valence-electron chi connectivity index (χ2n) is 29.6. The molecule has 2 aliphatic heterocycles. The molecule has 14 heteroatoms. The van der Waals surface area contributed by atoms with Gasteiger partial charge in [-0.3, -0.25) is 4.79 Å². The smallest absolute Gasteiger partial charge is 0.220 e. The summed E-state index contributed by atoms with van der Waals surface area (Å²) in [5.74, 6) is -0.230. The number of carbonyl (C=O) groups is 1. The molecule has 0 aliphatic carbocycles. The van der Waals surface area contributed by atoms with Gasteiger partial charge < -0.3 is 65.1 Å². The predicted octanol–water partition coefficient (Wildman–Crippen LogP) is 19.0. The Morgan fingerprint density at radius 1 is 0.365 bits per heavy atom. The number of amides is 1. The Morgan fingerprint density at radius 2 is 0.656 bits per heavy atom. The number of aliphatic hydroxyl groups excluding tert-OH is 8. The molecule has 12 atom stereocenters. The van der Waals surface area contributed by atoms with E-state index >= 15 is 0 Å². The Hall–Kier alpha value is -1.53. The van der Waals surface area contributed by atoms with Crippen molar-refractivity contribution >= 4 is 5.91 Å². The molecule has 568 valence electrons. The van der Waals surface area contributed by atoms with Gasteiger partial charge in [0.15, 0.2) is 12.6 Å². The highest BCUT2D eigenvalue weighted by molar-refractivity contribution is 5.76. The first-order valence-electron chi connectivity index (χ1n) is 41.6. The lowest BCUT2D eigenvalue weighted by Crippen LogP contribution is -2.65. The number of rotatable bonds is 71. The van der Waals surface area contributed by atoms with Gasteiger partial charge in [0.2, 0.25) is 5.91 Å². The van der Waals surface area contributed by atoms with Crippen LogP contribution >= 0.6 is 0 Å². The first kappa shape index (κ1) is 90.6. The van der Waals surface area contributed by atoms with Crippen LogP contribution in [0.1, 0.15) is 399 Å². The number of nitrogens with one attached hydrogen (secondary N) is 1. The molecule has 2 heterocycles. The molecule has 1 amide bonds. The van der Waals surface area contributed by atoms with Crippen molar-refractivity contribution in [2.24, 2.45) is 0 Å². The zero-order valence-electron chi connectivity index (χ0n) is 62.4. The molecule has 0 aromatic carbocycles. The van der Waals surface area contributed by atoms with Crippen LogP contribution in [-0.2, 0) is 23.7 Å². The highest BCUT2D eigenvalue weighted by Gasteiger charge is 2.51. The summed E-state index contributed by atoms with van der Waals surface area (Å²) in [6, 6.07) is -0.914. The summed E-state index contributed by atoms with van der Waals surface area (Å²) in [6.45, 7) is 2.87. The van der Waals surface area contributed by atoms with Crippen molar-refractivity contribution in [1.29, 1.82) is 0 Å². The third-order valence-corrected chi connectivity index (χ3v) is 20.6. The summed E-state index contributed by atoms with van der Waals surface area (Å²) >= 11 is 0. The molecule has 0 aromatic rings. The minimum absolute atomic E-state index is 0.230. The van der Waals surface area contributed by atoms with Crippen molar-refractivity contribution in [3.63, 3.8) is 0 Å². The predicted molar refractivity (Wildman–Crippen MR) is 397 cm³/mol. The lowest BCUT2D eigenvalue weighted by Gasteiger charge is -2.46. The average Bonchev–Trinajstić information content (AvgIpc) is 0.854. The maximum absolute atomic E-state index is 13.4. The number of unbranched alkanes of at least 4 members (excludes halogenated alkanes) is 56. The summed E-state index contributed by atoms with van der Waals surface area (Å²) < 4.78 is 22.9. The molecule has 2 rings (SSSR count). The molecule has 0 saturated carbocycles. The van der Waals surface area contributed by atoms with E-state index in [2.05, 4.69) is 31.3 Å². The highest BCUT2D eigenvalue weighted by Crippen LogP contribution is 2.30. The van der Waals surface area contributed by atoms with Crippen molar-refractivity contribution in [2.45, 2.75) is 473 Å². The van der Waals surface area contributed by atoms with E-state index in [-0.39, 0.29) is 18.9 Å². The van der Waals surface area contributed by atoms with E-state index in [1.807, 2.05) is 6.08 Å². The summed E-state index contributed by atoms with van der Waals surface area (Å²) in [4.78, 5) is 13.4. The summed E-state index contributed by atoms with van der Waals surface area (Å²) in [5.41, 5.74) is 0. The maximum atomic E-state index is 13.4. The molecule has 9 N–H and O–H groups in total. The standard InChI is InChI=1S/C82H157NO13/c1-3-5-7-9-11-13-15-17-19-21-23-25-27-29-31-33-34-35-36-38-39-41-43-45-47-49-51-53-55-57-59-61-63-65-71(86)70(69-93-81-79(92)77(90)80(73(68-85)95-81)96-82-78(91)76(89)75(88)72(67-84)94-82)83-74(87)66-64-62-60-58-56-54-52-50-48-46-44-42-40-37-32-30-28-26-24-22-20-18-16-14-12-10-8-6-4-2/h22,24,63,65,70-73,75-82,84-86,88-92H,3-21,23,25-62,64,66-69H2,1-2H3,(H,83,87)/b24-22-,65-63+. The molecular weight excluding hydrogens is 1210 g/mol. The number of ether oxygens (including phenoxy) is 4. The van der Waals surface area contributed by atoms with Gasteiger partial charge in [0.1, 0.15) is 48.8 Å². The lowest BCUT2D eigenvalue weighted by molar-refractivity contribution is -0.359. The van der Waals surface area contributed by atoms with Crippen LogP contribution < -0.4 is 5.32 Å². The third kappa shape index (κ3) is 49.1. The average molecular weight is 1370 g/mol. The lowest BCUT2D eigenvalue weighted by atomic mass is 9.97. The van der Waals surface area contributed by atoms with Gasteiger partial charge in [0.05, 0.1) is 32.0 Å². The summed E-state index contributed by atoms with van der Waals surface area (Å²) in [7, 11) is 0. The Morgan fingerprint density at radius 3 is 0.990 bits per heavy atom. The SMILES string of the molecule is CCCCCCCCCC/C=C\CCCCCCCCCCCCCCCCCCCC(=O)NC(COC1OC(CO)C(OC2OC(CO)C(O)C(O)C2O)C(O)C1O)C(O)/C=C/CCCCCCCCCCCCCCCCCCCCCCCCCCCCCCCCC. The molecule has 2 saturated heterocycles. The van der Waals surface area contributed by atoms with Crippen LogP contribution in [0.4, 0.5) is 0 Å². The van der Waals surface area contributed by atoms with Gasteiger partial charge in [0.25, 0.3) is 0 Å². The fourth-order valence-electron chi connectivity index (χ4n) is 14.1. The molecule has 0 bridgehead atoms. The van der Waals surface area contributed by atoms with Gasteiger partial charge in [0, 0.05) is 6.42 Å². The van der Waals surface area contributed by atoms with Gasteiger partial charge in [-0.25, -0.2) is 0 Å². The first-order valence-corrected chi connectivity index (χ1v) is 41.6. The van der Waals surface area contributed by atoms with E-state index in [1.165, 1.54) is 334 Å². The fraction of sp³-hybridized carbons (Fsp3) is 0.939. The van der Waals surface area contributed by atoms with Gasteiger partial charge >= 0.3 is 0 Å². The van der Waals surface area contributed by atoms with Crippen LogP contribution in [0.2, 0.25) is 0 Å². The quantitative estimate of drug-likeness (QED) is 0.0204. The molecule has 0 spiro atoms. The normalized spacial score (nSPS) is 22.3. The Balaban J connectivity index is 1.60. The van der Waals surface area contributed by atoms with Crippen LogP contribution in [0.3, 0.4) is 0 Å². The van der Waals surface area contributed by atoms with Crippen molar-refractivity contribution in [2.75, 3.05) is 19.8 Å². The number of hydrogen-bond acceptors (Lipinski definition) is 13. The van der Waals surface area contributed by atoms with Crippen LogP contribution in [0.25, 0.3) is 0 Å². The minimum atomic E-state index is -1.79. The number of hydrogen-bond donors (Lipinski definition) is 9. The molecule has 0 aromatic heterocycles. The van der Waals surface area contributed by atoms with E-state index in [9.17, 15) is 45.6 Å². The van der Waals surface area contributed by atoms with Crippen LogP contribution in [0.15, 0.2) is 24.3 Å². The van der Waals surface area contributed by atoms with Gasteiger partial charge in [-0.05, 0) is 44.9 Å². The Bertz CT molecular complexity index is 1700. The first-order chi connectivity index (χ1) is 47.1. The van der Waals surface area contributed by atoms with Crippen molar-refractivity contribution in [3.8, 4) is 0 Å². The number of carbonyl (C=O) groups excluding carboxylic acids is 1. The fourth-order valence-corrected chi connectivity index (χ4v) is 14.1. The van der Waals surface area contributed by atoms with Gasteiger partial charge in [-0.2, -0.15) is 0 Å².